The second-order valence-corrected chi connectivity index (χ2v) is 32.5. The summed E-state index contributed by atoms with van der Waals surface area (Å²) in [6.45, 7) is 12.4. The van der Waals surface area contributed by atoms with E-state index in [1.54, 1.807) is 37.2 Å². The first-order chi connectivity index (χ1) is 71.0. The van der Waals surface area contributed by atoms with Crippen LogP contribution in [0.25, 0.3) is 146 Å². The Bertz CT molecular complexity index is 6860. The Balaban J connectivity index is 0.000000184. The molecule has 13 aromatic carbocycles. The van der Waals surface area contributed by atoms with Crippen LogP contribution >= 0.6 is 0 Å². The van der Waals surface area contributed by atoms with Gasteiger partial charge in [-0.05, 0) is 172 Å². The minimum atomic E-state index is 0. The molecule has 0 amide bonds. The van der Waals surface area contributed by atoms with Crippen LogP contribution in [0.3, 0.4) is 0 Å². The molecule has 0 bridgehead atoms. The van der Waals surface area contributed by atoms with E-state index in [2.05, 4.69) is 248 Å². The van der Waals surface area contributed by atoms with Gasteiger partial charge in [-0.1, -0.05) is 207 Å². The van der Waals surface area contributed by atoms with E-state index in [0.29, 0.717) is 0 Å². The Morgan fingerprint density at radius 2 is 0.456 bits per heavy atom. The van der Waals surface area contributed by atoms with Gasteiger partial charge in [0.1, 0.15) is 0 Å². The molecule has 0 N–H and O–H groups in total. The van der Waals surface area contributed by atoms with Gasteiger partial charge < -0.3 is 49.8 Å². The van der Waals surface area contributed by atoms with Gasteiger partial charge in [-0.25, -0.2) is 0 Å². The van der Waals surface area contributed by atoms with Gasteiger partial charge in [0.2, 0.25) is 0 Å². The molecule has 745 valence electrons. The van der Waals surface area contributed by atoms with Crippen molar-refractivity contribution in [2.45, 2.75) is 41.5 Å². The summed E-state index contributed by atoms with van der Waals surface area (Å²) in [5.41, 5.74) is 34.5. The minimum Gasteiger partial charge on any atom is -0.305 e. The molecule has 0 aliphatic rings. The van der Waals surface area contributed by atoms with E-state index in [0.717, 1.165) is 118 Å². The van der Waals surface area contributed by atoms with Gasteiger partial charge in [0.15, 0.2) is 0 Å². The first-order valence-corrected chi connectivity index (χ1v) is 47.2. The summed E-state index contributed by atoms with van der Waals surface area (Å²) < 4.78 is 0. The van der Waals surface area contributed by atoms with Crippen LogP contribution in [-0.2, 0) is 101 Å². The van der Waals surface area contributed by atoms with Gasteiger partial charge in [0.25, 0.3) is 0 Å². The van der Waals surface area contributed by atoms with Crippen molar-refractivity contribution in [2.75, 3.05) is 0 Å². The smallest absolute Gasteiger partial charge is 0.0272 e. The van der Waals surface area contributed by atoms with Gasteiger partial charge in [0.05, 0.1) is 0 Å². The number of hydrogen-bond donors (Lipinski definition) is 0. The molecular formula is C134H104Ir5N10-10. The maximum atomic E-state index is 4.60. The summed E-state index contributed by atoms with van der Waals surface area (Å²) in [4.78, 5) is 43.3. The van der Waals surface area contributed by atoms with Gasteiger partial charge >= 0.3 is 0 Å². The number of benzene rings is 13. The van der Waals surface area contributed by atoms with Crippen LogP contribution in [0.5, 0.6) is 0 Å². The van der Waals surface area contributed by atoms with E-state index < -0.39 is 0 Å². The van der Waals surface area contributed by atoms with Crippen LogP contribution in [0.2, 0.25) is 0 Å². The average Bonchev–Trinajstić information content (AvgIpc) is 0.819. The van der Waals surface area contributed by atoms with Crippen LogP contribution in [-0.4, -0.2) is 49.8 Å². The number of hydrogen-bond acceptors (Lipinski definition) is 10. The second-order valence-electron chi connectivity index (χ2n) is 32.5. The number of rotatable bonds is 13. The van der Waals surface area contributed by atoms with E-state index in [1.165, 1.54) is 61.2 Å². The molecule has 10 nitrogen and oxygen atoms in total. The van der Waals surface area contributed by atoms with Crippen molar-refractivity contribution < 1.29 is 101 Å². The molecule has 0 spiro atoms. The van der Waals surface area contributed by atoms with Crippen molar-refractivity contribution >= 4 is 0 Å². The first-order valence-electron chi connectivity index (χ1n) is 47.2. The number of nitrogens with zero attached hydrogens (tertiary/aromatic N) is 10. The summed E-state index contributed by atoms with van der Waals surface area (Å²) in [5, 5.41) is 0. The summed E-state index contributed by atoms with van der Waals surface area (Å²) in [7, 11) is 0. The van der Waals surface area contributed by atoms with E-state index in [1.807, 2.05) is 389 Å². The molecule has 10 aromatic heterocycles. The van der Waals surface area contributed by atoms with Crippen LogP contribution in [0.1, 0.15) is 33.5 Å². The van der Waals surface area contributed by atoms with Crippen LogP contribution in [0.4, 0.5) is 0 Å². The summed E-state index contributed by atoms with van der Waals surface area (Å²) in [5.74, 6) is 0. The minimum absolute atomic E-state index is 0. The van der Waals surface area contributed by atoms with Crippen molar-refractivity contribution in [2.24, 2.45) is 0 Å². The SMILES string of the molecule is Cc1c[c-]c(-c2ccccn2)cc1.Cc1cc(-c2[c-]cccc2)ncc1-c1ccccc1.Cc1cc(-c2ccccc2)cc(-c2[c-]cccc2)n1.Cc1cc[c-]c(-c2cc(C)ccn2)c1.Cc1cnc(-c2[c-]cccc2)cc1-c1ccccc1.[Ir].[Ir].[Ir].[Ir].[Ir].[c-]1ccccc1-c1ccccn1.[c-]1ccccc1-c1ccccn1.[c-]1ccccc1-c1ccccn1.[c-]1ccccc1-c1ccccn1.[c-]1ccccc1-c1ccccn1. The molecule has 0 fully saturated rings. The van der Waals surface area contributed by atoms with Crippen molar-refractivity contribution in [3.8, 4) is 146 Å². The molecule has 10 heterocycles. The zero-order chi connectivity index (χ0) is 99.4. The molecule has 0 aliphatic heterocycles. The van der Waals surface area contributed by atoms with Gasteiger partial charge in [-0.2, -0.15) is 0 Å². The Morgan fingerprint density at radius 1 is 0.161 bits per heavy atom. The maximum Gasteiger partial charge on any atom is 0.0272 e. The maximum absolute atomic E-state index is 4.60. The standard InChI is InChI=1S/3C18H14N.C13H12N.C12H10N.5C11H8N.5Ir/c1-14-13-19-18(16-10-6-3-7-11-16)12-17(14)15-8-4-2-5-9-15;1-14-12-18(16-10-6-3-7-11-16)19-13-17(14)15-8-4-2-5-9-15;1-14-12-17(15-8-4-2-5-9-15)13-18(19-14)16-10-6-3-7-11-16;1-10-4-3-5-12(8-10)13-9-11(2)6-7-14-13;1-10-5-7-11(8-6-10)12-4-2-3-9-13-12;5*1-2-6-10(7-3-1)11-8-4-5-9-12-11;;;;;/h3*2-10,12-13H,1H3;3-4,6-9H,1-2H3;2-7,9H,1H3;5*1-6,8-9H;;;;;/q10*-1;;;;;. The fraction of sp³-hybridized carbons (Fsp3) is 0.0448. The van der Waals surface area contributed by atoms with E-state index in [4.69, 9.17) is 0 Å². The Labute approximate surface area is 946 Å². The largest absolute Gasteiger partial charge is 0.305 e. The molecule has 5 radical (unpaired) electrons. The molecule has 0 atom stereocenters. The van der Waals surface area contributed by atoms with Gasteiger partial charge in [0, 0.05) is 168 Å². The monoisotopic (exact) mass is 2820 g/mol. The molecule has 149 heavy (non-hydrogen) atoms. The summed E-state index contributed by atoms with van der Waals surface area (Å²) in [6.07, 6.45) is 16.4. The van der Waals surface area contributed by atoms with Crippen molar-refractivity contribution in [3.05, 3.63) is 617 Å². The summed E-state index contributed by atoms with van der Waals surface area (Å²) >= 11 is 0. The molecule has 15 heteroatoms. The van der Waals surface area contributed by atoms with Gasteiger partial charge in [-0.3, -0.25) is 0 Å². The van der Waals surface area contributed by atoms with Gasteiger partial charge in [-0.15, -0.1) is 358 Å². The quantitative estimate of drug-likeness (QED) is 0.103. The third-order valence-corrected chi connectivity index (χ3v) is 21.7. The normalized spacial score (nSPS) is 9.68. The molecule has 0 saturated carbocycles. The zero-order valence-electron chi connectivity index (χ0n) is 82.8. The molecule has 23 rings (SSSR count). The topological polar surface area (TPSA) is 129 Å². The third kappa shape index (κ3) is 39.1. The Morgan fingerprint density at radius 3 is 0.779 bits per heavy atom. The number of pyridine rings is 10. The molecule has 0 saturated heterocycles. The second kappa shape index (κ2) is 66.0. The molecule has 0 aliphatic carbocycles. The van der Waals surface area contributed by atoms with Crippen molar-refractivity contribution in [3.63, 3.8) is 0 Å². The summed E-state index contributed by atoms with van der Waals surface area (Å²) in [6, 6.07) is 186. The molecule has 23 aromatic rings. The van der Waals surface area contributed by atoms with E-state index >= 15 is 0 Å². The van der Waals surface area contributed by atoms with Crippen LogP contribution in [0, 0.1) is 102 Å². The molecule has 0 unspecified atom stereocenters. The number of aryl methyl sites for hydroxylation is 6. The Hall–Kier alpha value is -15.4. The van der Waals surface area contributed by atoms with Crippen molar-refractivity contribution in [1.82, 2.24) is 49.8 Å². The van der Waals surface area contributed by atoms with Crippen molar-refractivity contribution in [1.29, 1.82) is 0 Å². The number of aromatic nitrogens is 10. The Kier molecular flexibility index (Phi) is 51.9. The molecular weight excluding hydrogens is 2710 g/mol. The van der Waals surface area contributed by atoms with E-state index in [9.17, 15) is 0 Å². The van der Waals surface area contributed by atoms with Crippen LogP contribution in [0.15, 0.2) is 523 Å². The first kappa shape index (κ1) is 117. The van der Waals surface area contributed by atoms with E-state index in [-0.39, 0.29) is 101 Å². The zero-order valence-corrected chi connectivity index (χ0v) is 94.8. The predicted octanol–water partition coefficient (Wildman–Crippen LogP) is 32.3. The fourth-order valence-corrected chi connectivity index (χ4v) is 14.5. The predicted molar refractivity (Wildman–Crippen MR) is 590 cm³/mol. The van der Waals surface area contributed by atoms with Crippen LogP contribution < -0.4 is 0 Å². The average molecular weight is 2820 g/mol. The fourth-order valence-electron chi connectivity index (χ4n) is 14.5. The third-order valence-electron chi connectivity index (χ3n) is 21.7.